The van der Waals surface area contributed by atoms with Gasteiger partial charge in [-0.25, -0.2) is 8.78 Å². The van der Waals surface area contributed by atoms with Crippen LogP contribution in [0.3, 0.4) is 0 Å². The molecule has 2 nitrogen and oxygen atoms in total. The van der Waals surface area contributed by atoms with E-state index in [4.69, 9.17) is 5.84 Å². The van der Waals surface area contributed by atoms with Crippen LogP contribution in [0.15, 0.2) is 18.2 Å². The Morgan fingerprint density at radius 3 is 2.53 bits per heavy atom. The molecule has 0 aliphatic heterocycles. The zero-order chi connectivity index (χ0) is 11.0. The zero-order valence-electron chi connectivity index (χ0n) is 8.50. The van der Waals surface area contributed by atoms with Crippen molar-refractivity contribution in [2.75, 3.05) is 0 Å². The van der Waals surface area contributed by atoms with Crippen molar-refractivity contribution in [3.05, 3.63) is 35.4 Å². The Hall–Kier alpha value is -1.00. The lowest BCUT2D eigenvalue weighted by Crippen LogP contribution is -2.30. The fraction of sp³-hybridized carbons (Fsp3) is 0.455. The predicted octanol–water partition coefficient (Wildman–Crippen LogP) is 2.13. The lowest BCUT2D eigenvalue weighted by Gasteiger charge is -2.16. The van der Waals surface area contributed by atoms with Gasteiger partial charge in [0.15, 0.2) is 11.6 Å². The Morgan fingerprint density at radius 1 is 1.40 bits per heavy atom. The van der Waals surface area contributed by atoms with E-state index in [1.165, 1.54) is 6.07 Å². The van der Waals surface area contributed by atoms with Crippen molar-refractivity contribution >= 4 is 0 Å². The van der Waals surface area contributed by atoms with E-state index in [1.54, 1.807) is 6.07 Å². The fourth-order valence-corrected chi connectivity index (χ4v) is 1.99. The summed E-state index contributed by atoms with van der Waals surface area (Å²) >= 11 is 0. The number of hydrogen-bond acceptors (Lipinski definition) is 2. The molecule has 1 aliphatic rings. The number of hydrazine groups is 1. The molecule has 1 aliphatic carbocycles. The van der Waals surface area contributed by atoms with Crippen LogP contribution in [-0.2, 0) is 0 Å². The van der Waals surface area contributed by atoms with Crippen molar-refractivity contribution < 1.29 is 8.78 Å². The highest BCUT2D eigenvalue weighted by Gasteiger charge is 2.39. The average Bonchev–Trinajstić information content (AvgIpc) is 2.90. The van der Waals surface area contributed by atoms with Gasteiger partial charge in [0.2, 0.25) is 0 Å². The predicted molar refractivity (Wildman–Crippen MR) is 53.7 cm³/mol. The topological polar surface area (TPSA) is 38.0 Å². The molecule has 82 valence electrons. The first-order chi connectivity index (χ1) is 7.13. The summed E-state index contributed by atoms with van der Waals surface area (Å²) in [6.45, 7) is 2.12. The molecule has 3 N–H and O–H groups in total. The monoisotopic (exact) mass is 212 g/mol. The third kappa shape index (κ3) is 2.01. The van der Waals surface area contributed by atoms with Crippen LogP contribution in [0.25, 0.3) is 0 Å². The largest absolute Gasteiger partial charge is 0.271 e. The van der Waals surface area contributed by atoms with Gasteiger partial charge in [0, 0.05) is 6.04 Å². The van der Waals surface area contributed by atoms with Gasteiger partial charge in [0.25, 0.3) is 0 Å². The molecule has 2 rings (SSSR count). The maximum atomic E-state index is 13.0. The minimum atomic E-state index is -0.821. The Kier molecular flexibility index (Phi) is 2.71. The Bertz CT molecular complexity index is 368. The van der Waals surface area contributed by atoms with Gasteiger partial charge < -0.3 is 0 Å². The van der Waals surface area contributed by atoms with Crippen molar-refractivity contribution in [1.29, 1.82) is 0 Å². The molecule has 4 heteroatoms. The van der Waals surface area contributed by atoms with E-state index in [0.29, 0.717) is 17.4 Å². The maximum absolute atomic E-state index is 13.0. The minimum Gasteiger partial charge on any atom is -0.271 e. The summed E-state index contributed by atoms with van der Waals surface area (Å²) in [4.78, 5) is 0. The quantitative estimate of drug-likeness (QED) is 0.595. The second-order valence-electron chi connectivity index (χ2n) is 4.19. The summed E-state index contributed by atoms with van der Waals surface area (Å²) in [5, 5.41) is 0. The molecular weight excluding hydrogens is 198 g/mol. The summed E-state index contributed by atoms with van der Waals surface area (Å²) in [5.74, 6) is 4.82. The van der Waals surface area contributed by atoms with Crippen LogP contribution in [0.4, 0.5) is 8.78 Å². The minimum absolute atomic E-state index is 0.0740. The van der Waals surface area contributed by atoms with E-state index in [-0.39, 0.29) is 6.04 Å². The standard InChI is InChI=1S/C11H14F2N2/c1-6-4-8(6)11(15-14)7-2-3-9(12)10(13)5-7/h2-3,5-6,8,11,15H,4,14H2,1H3. The van der Waals surface area contributed by atoms with E-state index in [0.717, 1.165) is 12.5 Å². The molecule has 0 bridgehead atoms. The van der Waals surface area contributed by atoms with Gasteiger partial charge in [-0.05, 0) is 36.0 Å². The maximum Gasteiger partial charge on any atom is 0.159 e. The van der Waals surface area contributed by atoms with Gasteiger partial charge in [-0.15, -0.1) is 0 Å². The molecular formula is C11H14F2N2. The van der Waals surface area contributed by atoms with E-state index >= 15 is 0 Å². The summed E-state index contributed by atoms with van der Waals surface area (Å²) in [6, 6.07) is 3.86. The van der Waals surface area contributed by atoms with Crippen molar-refractivity contribution in [2.45, 2.75) is 19.4 Å². The van der Waals surface area contributed by atoms with E-state index in [2.05, 4.69) is 12.3 Å². The van der Waals surface area contributed by atoms with Crippen LogP contribution in [0.5, 0.6) is 0 Å². The summed E-state index contributed by atoms with van der Waals surface area (Å²) in [7, 11) is 0. The molecule has 0 saturated heterocycles. The Balaban J connectivity index is 2.23. The van der Waals surface area contributed by atoms with Crippen molar-refractivity contribution in [2.24, 2.45) is 17.7 Å². The third-order valence-corrected chi connectivity index (χ3v) is 3.08. The molecule has 0 spiro atoms. The first-order valence-electron chi connectivity index (χ1n) is 5.04. The lowest BCUT2D eigenvalue weighted by molar-refractivity contribution is 0.464. The highest BCUT2D eigenvalue weighted by atomic mass is 19.2. The van der Waals surface area contributed by atoms with Gasteiger partial charge in [-0.3, -0.25) is 11.3 Å². The number of nitrogens with one attached hydrogen (secondary N) is 1. The molecule has 3 unspecified atom stereocenters. The van der Waals surface area contributed by atoms with Gasteiger partial charge in [-0.2, -0.15) is 0 Å². The number of hydrogen-bond donors (Lipinski definition) is 2. The fourth-order valence-electron chi connectivity index (χ4n) is 1.99. The third-order valence-electron chi connectivity index (χ3n) is 3.08. The number of rotatable bonds is 3. The van der Waals surface area contributed by atoms with Gasteiger partial charge in [0.1, 0.15) is 0 Å². The summed E-state index contributed by atoms with van der Waals surface area (Å²) < 4.78 is 25.7. The number of halogens is 2. The number of nitrogens with two attached hydrogens (primary N) is 1. The molecule has 3 atom stereocenters. The molecule has 1 aromatic rings. The van der Waals surface area contributed by atoms with Crippen LogP contribution < -0.4 is 11.3 Å². The highest BCUT2D eigenvalue weighted by Crippen LogP contribution is 2.46. The van der Waals surface area contributed by atoms with Crippen LogP contribution in [0.1, 0.15) is 24.9 Å². The van der Waals surface area contributed by atoms with Crippen molar-refractivity contribution in [3.63, 3.8) is 0 Å². The van der Waals surface area contributed by atoms with Gasteiger partial charge in [-0.1, -0.05) is 13.0 Å². The lowest BCUT2D eigenvalue weighted by atomic mass is 10.0. The Morgan fingerprint density at radius 2 is 2.07 bits per heavy atom. The van der Waals surface area contributed by atoms with Crippen molar-refractivity contribution in [3.8, 4) is 0 Å². The molecule has 1 saturated carbocycles. The van der Waals surface area contributed by atoms with Crippen molar-refractivity contribution in [1.82, 2.24) is 5.43 Å². The normalized spacial score (nSPS) is 26.4. The SMILES string of the molecule is CC1CC1C(NN)c1ccc(F)c(F)c1. The highest BCUT2D eigenvalue weighted by molar-refractivity contribution is 5.23. The van der Waals surface area contributed by atoms with E-state index in [9.17, 15) is 8.78 Å². The molecule has 0 amide bonds. The van der Waals surface area contributed by atoms with E-state index in [1.807, 2.05) is 0 Å². The smallest absolute Gasteiger partial charge is 0.159 e. The van der Waals surface area contributed by atoms with Gasteiger partial charge in [0.05, 0.1) is 0 Å². The Labute approximate surface area is 87.4 Å². The second kappa shape index (κ2) is 3.87. The number of benzene rings is 1. The molecule has 0 heterocycles. The molecule has 15 heavy (non-hydrogen) atoms. The van der Waals surface area contributed by atoms with E-state index < -0.39 is 11.6 Å². The van der Waals surface area contributed by atoms with Crippen LogP contribution in [0, 0.1) is 23.5 Å². The van der Waals surface area contributed by atoms with Crippen LogP contribution in [0.2, 0.25) is 0 Å². The second-order valence-corrected chi connectivity index (χ2v) is 4.19. The summed E-state index contributed by atoms with van der Waals surface area (Å²) in [6.07, 6.45) is 1.08. The molecule has 0 aromatic heterocycles. The first kappa shape index (κ1) is 10.5. The van der Waals surface area contributed by atoms with Gasteiger partial charge >= 0.3 is 0 Å². The van der Waals surface area contributed by atoms with Crippen LogP contribution >= 0.6 is 0 Å². The molecule has 0 radical (unpaired) electrons. The van der Waals surface area contributed by atoms with Crippen LogP contribution in [-0.4, -0.2) is 0 Å². The summed E-state index contributed by atoms with van der Waals surface area (Å²) in [5.41, 5.74) is 3.38. The average molecular weight is 212 g/mol. The first-order valence-corrected chi connectivity index (χ1v) is 5.04. The molecule has 1 aromatic carbocycles. The molecule has 1 fully saturated rings. The zero-order valence-corrected chi connectivity index (χ0v) is 8.50.